The minimum atomic E-state index is -0.107. The molecule has 3 rings (SSSR count). The fourth-order valence-electron chi connectivity index (χ4n) is 2.31. The standard InChI is InChI=1S/C19H19BrN4O2S/c1-12-4-3-5-15(8-12)26-10-17-22-19(24-23-17)27-11-18(25)21-14-6-7-16(20)13(2)9-14/h3-9H,10-11H2,1-2H3,(H,21,25)(H,22,23,24). The third kappa shape index (κ3) is 5.83. The summed E-state index contributed by atoms with van der Waals surface area (Å²) in [5.41, 5.74) is 2.96. The van der Waals surface area contributed by atoms with E-state index in [0.717, 1.165) is 27.0 Å². The predicted octanol–water partition coefficient (Wildman–Crippen LogP) is 4.49. The number of aryl methyl sites for hydroxylation is 2. The third-order valence-electron chi connectivity index (χ3n) is 3.65. The minimum absolute atomic E-state index is 0.107. The maximum absolute atomic E-state index is 12.1. The van der Waals surface area contributed by atoms with Gasteiger partial charge in [0.05, 0.1) is 5.75 Å². The summed E-state index contributed by atoms with van der Waals surface area (Å²) in [5.74, 6) is 1.52. The van der Waals surface area contributed by atoms with E-state index in [4.69, 9.17) is 4.74 Å². The second kappa shape index (κ2) is 9.05. The molecule has 0 fully saturated rings. The number of aromatic amines is 1. The lowest BCUT2D eigenvalue weighted by Gasteiger charge is -2.06. The summed E-state index contributed by atoms with van der Waals surface area (Å²) in [4.78, 5) is 16.4. The van der Waals surface area contributed by atoms with Crippen LogP contribution in [0, 0.1) is 13.8 Å². The van der Waals surface area contributed by atoms with E-state index in [0.29, 0.717) is 17.6 Å². The van der Waals surface area contributed by atoms with Crippen molar-refractivity contribution < 1.29 is 9.53 Å². The Labute approximate surface area is 170 Å². The molecule has 0 saturated heterocycles. The molecule has 0 unspecified atom stereocenters. The number of amides is 1. The molecule has 0 aliphatic carbocycles. The van der Waals surface area contributed by atoms with Crippen LogP contribution in [0.1, 0.15) is 17.0 Å². The summed E-state index contributed by atoms with van der Waals surface area (Å²) in [5, 5.41) is 10.3. The van der Waals surface area contributed by atoms with E-state index < -0.39 is 0 Å². The Hall–Kier alpha value is -2.32. The van der Waals surface area contributed by atoms with Gasteiger partial charge in [0.1, 0.15) is 12.4 Å². The Bertz CT molecular complexity index is 945. The Morgan fingerprint density at radius 3 is 2.89 bits per heavy atom. The molecule has 0 bridgehead atoms. The summed E-state index contributed by atoms with van der Waals surface area (Å²) in [6, 6.07) is 13.5. The number of carbonyl (C=O) groups excluding carboxylic acids is 1. The maximum atomic E-state index is 12.1. The Kier molecular flexibility index (Phi) is 6.52. The minimum Gasteiger partial charge on any atom is -0.486 e. The SMILES string of the molecule is Cc1cccc(OCc2nc(SCC(=O)Nc3ccc(Br)c(C)c3)n[nH]2)c1. The van der Waals surface area contributed by atoms with Crippen molar-refractivity contribution >= 4 is 39.3 Å². The molecule has 0 saturated carbocycles. The number of hydrogen-bond acceptors (Lipinski definition) is 5. The molecule has 8 heteroatoms. The van der Waals surface area contributed by atoms with E-state index in [2.05, 4.69) is 36.4 Å². The van der Waals surface area contributed by atoms with Gasteiger partial charge in [-0.2, -0.15) is 0 Å². The highest BCUT2D eigenvalue weighted by Gasteiger charge is 2.09. The normalized spacial score (nSPS) is 10.6. The van der Waals surface area contributed by atoms with Crippen molar-refractivity contribution in [3.63, 3.8) is 0 Å². The van der Waals surface area contributed by atoms with E-state index in [9.17, 15) is 4.79 Å². The first kappa shape index (κ1) is 19.4. The largest absolute Gasteiger partial charge is 0.486 e. The second-order valence-corrected chi connectivity index (χ2v) is 7.77. The van der Waals surface area contributed by atoms with Crippen LogP contribution in [0.3, 0.4) is 0 Å². The molecule has 2 N–H and O–H groups in total. The van der Waals surface area contributed by atoms with Gasteiger partial charge in [-0.1, -0.05) is 39.8 Å². The van der Waals surface area contributed by atoms with Crippen LogP contribution in [0.25, 0.3) is 0 Å². The Morgan fingerprint density at radius 2 is 2.11 bits per heavy atom. The number of carbonyl (C=O) groups is 1. The van der Waals surface area contributed by atoms with E-state index in [1.165, 1.54) is 11.8 Å². The van der Waals surface area contributed by atoms with Gasteiger partial charge in [0.25, 0.3) is 0 Å². The van der Waals surface area contributed by atoms with Gasteiger partial charge in [-0.05, 0) is 55.3 Å². The van der Waals surface area contributed by atoms with Gasteiger partial charge in [-0.25, -0.2) is 4.98 Å². The van der Waals surface area contributed by atoms with Gasteiger partial charge in [0.2, 0.25) is 11.1 Å². The smallest absolute Gasteiger partial charge is 0.234 e. The lowest BCUT2D eigenvalue weighted by atomic mass is 10.2. The first-order valence-corrected chi connectivity index (χ1v) is 10.1. The van der Waals surface area contributed by atoms with Crippen LogP contribution in [0.15, 0.2) is 52.1 Å². The van der Waals surface area contributed by atoms with E-state index in [1.807, 2.05) is 56.3 Å². The van der Waals surface area contributed by atoms with Crippen molar-refractivity contribution in [3.8, 4) is 5.75 Å². The molecular weight excluding hydrogens is 428 g/mol. The average molecular weight is 447 g/mol. The zero-order chi connectivity index (χ0) is 19.2. The van der Waals surface area contributed by atoms with Crippen molar-refractivity contribution in [1.29, 1.82) is 0 Å². The maximum Gasteiger partial charge on any atom is 0.234 e. The highest BCUT2D eigenvalue weighted by Crippen LogP contribution is 2.21. The first-order chi connectivity index (χ1) is 13.0. The van der Waals surface area contributed by atoms with Crippen LogP contribution < -0.4 is 10.1 Å². The molecular formula is C19H19BrN4O2S. The molecule has 6 nitrogen and oxygen atoms in total. The summed E-state index contributed by atoms with van der Waals surface area (Å²) in [6.07, 6.45) is 0. The molecule has 2 aromatic carbocycles. The molecule has 27 heavy (non-hydrogen) atoms. The number of ether oxygens (including phenoxy) is 1. The Morgan fingerprint density at radius 1 is 1.26 bits per heavy atom. The molecule has 0 spiro atoms. The molecule has 140 valence electrons. The lowest BCUT2D eigenvalue weighted by molar-refractivity contribution is -0.113. The van der Waals surface area contributed by atoms with Gasteiger partial charge in [0.15, 0.2) is 5.82 Å². The van der Waals surface area contributed by atoms with E-state index in [-0.39, 0.29) is 11.7 Å². The van der Waals surface area contributed by atoms with Crippen molar-refractivity contribution in [2.24, 2.45) is 0 Å². The number of H-pyrrole nitrogens is 1. The number of nitrogens with one attached hydrogen (secondary N) is 2. The van der Waals surface area contributed by atoms with Crippen LogP contribution in [-0.4, -0.2) is 26.8 Å². The number of rotatable bonds is 7. The zero-order valence-corrected chi connectivity index (χ0v) is 17.4. The van der Waals surface area contributed by atoms with Gasteiger partial charge < -0.3 is 10.1 Å². The van der Waals surface area contributed by atoms with Crippen LogP contribution in [0.2, 0.25) is 0 Å². The van der Waals surface area contributed by atoms with Crippen molar-refractivity contribution in [1.82, 2.24) is 15.2 Å². The summed E-state index contributed by atoms with van der Waals surface area (Å²) in [6.45, 7) is 4.28. The summed E-state index contributed by atoms with van der Waals surface area (Å²) < 4.78 is 6.70. The highest BCUT2D eigenvalue weighted by molar-refractivity contribution is 9.10. The van der Waals surface area contributed by atoms with Crippen molar-refractivity contribution in [3.05, 3.63) is 63.9 Å². The van der Waals surface area contributed by atoms with Gasteiger partial charge >= 0.3 is 0 Å². The topological polar surface area (TPSA) is 79.9 Å². The van der Waals surface area contributed by atoms with Crippen molar-refractivity contribution in [2.45, 2.75) is 25.6 Å². The fraction of sp³-hybridized carbons (Fsp3) is 0.211. The number of halogens is 1. The average Bonchev–Trinajstić information content (AvgIpc) is 3.09. The van der Waals surface area contributed by atoms with E-state index >= 15 is 0 Å². The monoisotopic (exact) mass is 446 g/mol. The van der Waals surface area contributed by atoms with Crippen LogP contribution in [0.5, 0.6) is 5.75 Å². The van der Waals surface area contributed by atoms with Gasteiger partial charge in [-0.15, -0.1) is 5.10 Å². The summed E-state index contributed by atoms with van der Waals surface area (Å²) in [7, 11) is 0. The van der Waals surface area contributed by atoms with E-state index in [1.54, 1.807) is 0 Å². The molecule has 0 radical (unpaired) electrons. The lowest BCUT2D eigenvalue weighted by Crippen LogP contribution is -2.14. The summed E-state index contributed by atoms with van der Waals surface area (Å²) >= 11 is 4.71. The number of thioether (sulfide) groups is 1. The third-order valence-corrected chi connectivity index (χ3v) is 5.39. The van der Waals surface area contributed by atoms with Crippen LogP contribution >= 0.6 is 27.7 Å². The zero-order valence-electron chi connectivity index (χ0n) is 15.0. The number of anilines is 1. The molecule has 3 aromatic rings. The number of nitrogens with zero attached hydrogens (tertiary/aromatic N) is 2. The van der Waals surface area contributed by atoms with Gasteiger partial charge in [-0.3, -0.25) is 9.89 Å². The van der Waals surface area contributed by atoms with Gasteiger partial charge in [0, 0.05) is 10.2 Å². The molecule has 1 amide bonds. The van der Waals surface area contributed by atoms with Crippen molar-refractivity contribution in [2.75, 3.05) is 11.1 Å². The quantitative estimate of drug-likeness (QED) is 0.522. The molecule has 0 aliphatic heterocycles. The van der Waals surface area contributed by atoms with Crippen LogP contribution in [0.4, 0.5) is 5.69 Å². The fourth-order valence-corrected chi connectivity index (χ4v) is 3.18. The highest BCUT2D eigenvalue weighted by atomic mass is 79.9. The molecule has 1 aromatic heterocycles. The Balaban J connectivity index is 1.47. The second-order valence-electron chi connectivity index (χ2n) is 5.97. The molecule has 0 atom stereocenters. The number of aromatic nitrogens is 3. The first-order valence-electron chi connectivity index (χ1n) is 8.29. The molecule has 1 heterocycles. The molecule has 0 aliphatic rings. The number of hydrogen-bond donors (Lipinski definition) is 2. The predicted molar refractivity (Wildman–Crippen MR) is 110 cm³/mol. The number of benzene rings is 2. The van der Waals surface area contributed by atoms with Crippen LogP contribution in [-0.2, 0) is 11.4 Å².